The predicted octanol–water partition coefficient (Wildman–Crippen LogP) is 5.44. The fraction of sp³-hybridized carbons (Fsp3) is 0.286. The van der Waals surface area contributed by atoms with Crippen molar-refractivity contribution in [3.05, 3.63) is 83.9 Å². The van der Waals surface area contributed by atoms with Crippen LogP contribution in [0.1, 0.15) is 38.8 Å². The molecular weight excluding hydrogens is 548 g/mol. The molecule has 0 atom stereocenters. The van der Waals surface area contributed by atoms with Crippen LogP contribution in [0.2, 0.25) is 0 Å². The van der Waals surface area contributed by atoms with Crippen LogP contribution in [-0.4, -0.2) is 57.7 Å². The van der Waals surface area contributed by atoms with E-state index >= 15 is 0 Å². The van der Waals surface area contributed by atoms with Crippen molar-refractivity contribution in [1.29, 1.82) is 0 Å². The van der Waals surface area contributed by atoms with E-state index in [2.05, 4.69) is 33.5 Å². The van der Waals surface area contributed by atoms with E-state index in [1.54, 1.807) is 0 Å². The quantitative estimate of drug-likeness (QED) is 0.111. The third-order valence-corrected chi connectivity index (χ3v) is 6.53. The smallest absolute Gasteiger partial charge is 0.741 e. The number of hydrogen-bond donors (Lipinski definition) is 0. The molecule has 3 aromatic rings. The number of hydrogen-bond acceptors (Lipinski definition) is 6. The Hall–Kier alpha value is -2.84. The topological polar surface area (TPSA) is 55.9 Å². The maximum atomic E-state index is 5.57. The summed E-state index contributed by atoms with van der Waals surface area (Å²) in [6.45, 7) is 11.2. The van der Waals surface area contributed by atoms with Gasteiger partial charge in [-0.3, -0.25) is 0 Å². The van der Waals surface area contributed by atoms with Gasteiger partial charge in [-0.1, -0.05) is 72.8 Å². The number of fused-ring (bicyclic) bond motifs is 1. The van der Waals surface area contributed by atoms with E-state index in [1.807, 2.05) is 92.1 Å². The Labute approximate surface area is 241 Å². The minimum absolute atomic E-state index is 0. The molecule has 0 bridgehead atoms. The molecule has 197 valence electrons. The molecule has 9 heteroatoms. The molecule has 3 rings (SSSR count). The van der Waals surface area contributed by atoms with Gasteiger partial charge in [-0.05, 0) is 38.5 Å². The Morgan fingerprint density at radius 2 is 1.08 bits per heavy atom. The predicted molar refractivity (Wildman–Crippen MR) is 159 cm³/mol. The van der Waals surface area contributed by atoms with Crippen molar-refractivity contribution < 1.29 is 17.1 Å². The van der Waals surface area contributed by atoms with Gasteiger partial charge in [0.1, 0.15) is 11.4 Å². The van der Waals surface area contributed by atoms with Crippen LogP contribution in [0.5, 0.6) is 0 Å². The van der Waals surface area contributed by atoms with Gasteiger partial charge in [-0.25, -0.2) is 0 Å². The van der Waals surface area contributed by atoms with Crippen LogP contribution in [0.15, 0.2) is 93.2 Å². The number of rotatable bonds is 9. The fourth-order valence-electron chi connectivity index (χ4n) is 3.80. The Morgan fingerprint density at radius 1 is 0.595 bits per heavy atom. The number of amidine groups is 2. The summed E-state index contributed by atoms with van der Waals surface area (Å²) in [6, 6.07) is 24.2. The van der Waals surface area contributed by atoms with Crippen molar-refractivity contribution in [3.8, 4) is 0 Å². The van der Waals surface area contributed by atoms with Crippen molar-refractivity contribution in [3.63, 3.8) is 0 Å². The second-order valence-electron chi connectivity index (χ2n) is 7.90. The summed E-state index contributed by atoms with van der Waals surface area (Å²) < 4.78 is 0. The third kappa shape index (κ3) is 7.82. The van der Waals surface area contributed by atoms with Gasteiger partial charge in [-0.15, -0.1) is 10.2 Å². The van der Waals surface area contributed by atoms with Crippen LogP contribution in [0.4, 0.5) is 0 Å². The van der Waals surface area contributed by atoms with Gasteiger partial charge in [0.2, 0.25) is 0 Å². The normalized spacial score (nSPS) is 12.9. The summed E-state index contributed by atoms with van der Waals surface area (Å²) in [6.07, 6.45) is 0. The molecule has 0 saturated carbocycles. The van der Waals surface area contributed by atoms with E-state index in [9.17, 15) is 0 Å². The summed E-state index contributed by atoms with van der Waals surface area (Å²) in [4.78, 5) is 3.97. The molecule has 6 nitrogen and oxygen atoms in total. The van der Waals surface area contributed by atoms with Gasteiger partial charge in [0, 0.05) is 47.6 Å². The summed E-state index contributed by atoms with van der Waals surface area (Å²) in [7, 11) is 0. The Balaban J connectivity index is 0.00000481. The van der Waals surface area contributed by atoms with E-state index in [4.69, 9.17) is 30.4 Å². The zero-order valence-electron chi connectivity index (χ0n) is 21.6. The van der Waals surface area contributed by atoms with Crippen molar-refractivity contribution in [2.24, 2.45) is 20.4 Å². The maximum absolute atomic E-state index is 5.57. The molecule has 0 aromatic heterocycles. The van der Waals surface area contributed by atoms with E-state index < -0.39 is 0 Å². The number of nitrogens with zero attached hydrogens (tertiary/aromatic N) is 6. The summed E-state index contributed by atoms with van der Waals surface area (Å²) in [5.74, 6) is 0. The molecule has 0 amide bonds. The third-order valence-electron chi connectivity index (χ3n) is 5.86. The zero-order chi connectivity index (χ0) is 25.9. The molecule has 3 aromatic carbocycles. The van der Waals surface area contributed by atoms with Gasteiger partial charge < -0.3 is 35.1 Å². The van der Waals surface area contributed by atoms with Crippen LogP contribution in [-0.2, 0) is 42.3 Å². The van der Waals surface area contributed by atoms with Gasteiger partial charge in [-0.2, -0.15) is 10.2 Å². The van der Waals surface area contributed by atoms with Crippen LogP contribution in [0, 0.1) is 0 Å². The largest absolute Gasteiger partial charge is 2.00 e. The summed E-state index contributed by atoms with van der Waals surface area (Å²) >= 11 is 11.1. The van der Waals surface area contributed by atoms with Gasteiger partial charge >= 0.3 is 17.1 Å². The second-order valence-corrected chi connectivity index (χ2v) is 8.63. The molecule has 1 radical (unpaired) electrons. The fourth-order valence-corrected chi connectivity index (χ4v) is 4.40. The minimum Gasteiger partial charge on any atom is -0.741 e. The zero-order valence-corrected chi connectivity index (χ0v) is 24.1. The first-order chi connectivity index (χ1) is 17.5. The molecular formula is C28H32CuN6S2. The molecule has 0 heterocycles. The number of benzene rings is 3. The Kier molecular flexibility index (Phi) is 12.7. The first kappa shape index (κ1) is 30.4. The van der Waals surface area contributed by atoms with E-state index in [0.717, 1.165) is 48.1 Å². The molecule has 0 saturated heterocycles. The van der Waals surface area contributed by atoms with Crippen LogP contribution < -0.4 is 0 Å². The monoisotopic (exact) mass is 579 g/mol. The van der Waals surface area contributed by atoms with Crippen LogP contribution in [0.25, 0.3) is 10.8 Å². The molecule has 0 fully saturated rings. The second kappa shape index (κ2) is 15.4. The standard InChI is InChI=1S/C28H34N6S2.Cu/c1-5-33(6-2)27(35)31-29-25(22-16-10-9-11-17-22)26(30-32-28(36)34(7-3)8-4)24-20-14-18-21-15-12-13-19-23(21)24;/h9-20H,5-8H2,1-4H3,(H,31,35)(H,32,36);/q;+2/p-2/b29-25+,30-26+;. The molecule has 0 aliphatic heterocycles. The maximum Gasteiger partial charge on any atom is 2.00 e. The molecule has 0 spiro atoms. The summed E-state index contributed by atoms with van der Waals surface area (Å²) in [5.41, 5.74) is 2.91. The van der Waals surface area contributed by atoms with E-state index in [1.165, 1.54) is 0 Å². The van der Waals surface area contributed by atoms with Crippen LogP contribution >= 0.6 is 0 Å². The average Bonchev–Trinajstić information content (AvgIpc) is 2.92. The SMILES string of the molecule is CCN(CC)/C([S-])=N/N=C(/C(=N/N=C(\[S-])N(CC)CC)c1cccc2ccccc12)c1ccccc1.[Cu+2]. The molecule has 0 aliphatic rings. The van der Waals surface area contributed by atoms with Crippen molar-refractivity contribution in [2.45, 2.75) is 27.7 Å². The molecule has 0 aliphatic carbocycles. The van der Waals surface area contributed by atoms with Crippen LogP contribution in [0.3, 0.4) is 0 Å². The molecule has 37 heavy (non-hydrogen) atoms. The van der Waals surface area contributed by atoms with Crippen molar-refractivity contribution in [1.82, 2.24) is 9.80 Å². The van der Waals surface area contributed by atoms with Gasteiger partial charge in [0.05, 0.1) is 0 Å². The Bertz CT molecular complexity index is 1260. The first-order valence-corrected chi connectivity index (χ1v) is 13.0. The van der Waals surface area contributed by atoms with Gasteiger partial charge in [0.25, 0.3) is 0 Å². The first-order valence-electron chi connectivity index (χ1n) is 12.2. The summed E-state index contributed by atoms with van der Waals surface area (Å²) in [5, 5.41) is 21.3. The van der Waals surface area contributed by atoms with Crippen molar-refractivity contribution in [2.75, 3.05) is 26.2 Å². The van der Waals surface area contributed by atoms with Crippen molar-refractivity contribution >= 4 is 57.8 Å². The minimum atomic E-state index is 0. The Morgan fingerprint density at radius 3 is 1.65 bits per heavy atom. The molecule has 0 N–H and O–H groups in total. The molecule has 0 unspecified atom stereocenters. The van der Waals surface area contributed by atoms with Gasteiger partial charge in [0.15, 0.2) is 0 Å². The van der Waals surface area contributed by atoms with E-state index in [-0.39, 0.29) is 17.1 Å². The average molecular weight is 580 g/mol. The van der Waals surface area contributed by atoms with E-state index in [0.29, 0.717) is 21.8 Å².